The molecule has 16 heteroatoms. The molecule has 0 aliphatic carbocycles. The highest BCUT2D eigenvalue weighted by atomic mass is 32.2. The Morgan fingerprint density at radius 1 is 0.894 bits per heavy atom. The summed E-state index contributed by atoms with van der Waals surface area (Å²) < 4.78 is 109. The van der Waals surface area contributed by atoms with Gasteiger partial charge in [-0.1, -0.05) is 11.8 Å². The molecule has 1 aliphatic rings. The van der Waals surface area contributed by atoms with Crippen LogP contribution in [0, 0.1) is 11.8 Å². The zero-order valence-electron chi connectivity index (χ0n) is 24.8. The molecule has 3 aromatic rings. The largest absolute Gasteiger partial charge is 0.492 e. The van der Waals surface area contributed by atoms with Gasteiger partial charge in [0, 0.05) is 60.3 Å². The molecule has 0 saturated carbocycles. The van der Waals surface area contributed by atoms with Crippen LogP contribution in [-0.4, -0.2) is 74.8 Å². The molecule has 1 saturated heterocycles. The van der Waals surface area contributed by atoms with E-state index in [9.17, 15) is 44.3 Å². The van der Waals surface area contributed by atoms with Crippen molar-refractivity contribution in [2.75, 3.05) is 43.4 Å². The number of nitrogens with one attached hydrogen (secondary N) is 1. The van der Waals surface area contributed by atoms with E-state index in [4.69, 9.17) is 4.74 Å². The van der Waals surface area contributed by atoms with Gasteiger partial charge in [-0.2, -0.15) is 26.3 Å². The van der Waals surface area contributed by atoms with Gasteiger partial charge < -0.3 is 14.5 Å². The van der Waals surface area contributed by atoms with Crippen molar-refractivity contribution in [2.24, 2.45) is 0 Å². The van der Waals surface area contributed by atoms with Gasteiger partial charge in [0.1, 0.15) is 5.75 Å². The normalized spacial score (nSPS) is 13.9. The molecule has 4 rings (SSSR count). The fourth-order valence-electron chi connectivity index (χ4n) is 4.54. The van der Waals surface area contributed by atoms with Crippen molar-refractivity contribution in [2.45, 2.75) is 25.7 Å². The topological polar surface area (TPSA) is 109 Å². The van der Waals surface area contributed by atoms with Gasteiger partial charge in [-0.3, -0.25) is 14.6 Å². The van der Waals surface area contributed by atoms with E-state index in [-0.39, 0.29) is 42.9 Å². The number of hydrogen-bond acceptors (Lipinski definition) is 7. The summed E-state index contributed by atoms with van der Waals surface area (Å²) in [6.07, 6.45) is -8.11. The maximum atomic E-state index is 13.7. The number of aromatic nitrogens is 1. The average Bonchev–Trinajstić information content (AvgIpc) is 3.02. The molecule has 0 spiro atoms. The maximum Gasteiger partial charge on any atom is 0.416 e. The molecule has 1 fully saturated rings. The number of hydrogen-bond donors (Lipinski definition) is 1. The van der Waals surface area contributed by atoms with E-state index in [0.717, 1.165) is 12.1 Å². The van der Waals surface area contributed by atoms with Crippen molar-refractivity contribution >= 4 is 27.5 Å². The fourth-order valence-corrected chi connectivity index (χ4v) is 5.54. The lowest BCUT2D eigenvalue weighted by Crippen LogP contribution is -2.48. The summed E-state index contributed by atoms with van der Waals surface area (Å²) in [5.41, 5.74) is -0.296. The van der Waals surface area contributed by atoms with Gasteiger partial charge in [0.2, 0.25) is 10.0 Å². The molecule has 250 valence electrons. The first-order valence-corrected chi connectivity index (χ1v) is 15.8. The van der Waals surface area contributed by atoms with Gasteiger partial charge in [-0.25, -0.2) is 13.1 Å². The third-order valence-electron chi connectivity index (χ3n) is 6.85. The molecular weight excluding hydrogens is 654 g/mol. The number of benzene rings is 2. The Labute approximate surface area is 266 Å². The second-order valence-corrected chi connectivity index (χ2v) is 12.2. The SMILES string of the molecule is CCOc1cncc(C#Cc2cc(C(=O)N3CCN(c4ccc(C(=O)NS(=O)(=O)CCC(F)(F)F)cc4)CC3)cc(C(F)(F)F)c2)c1. The zero-order valence-corrected chi connectivity index (χ0v) is 25.6. The summed E-state index contributed by atoms with van der Waals surface area (Å²) in [4.78, 5) is 32.8. The van der Waals surface area contributed by atoms with Gasteiger partial charge >= 0.3 is 12.4 Å². The van der Waals surface area contributed by atoms with Crippen molar-refractivity contribution in [3.05, 3.63) is 88.7 Å². The Balaban J connectivity index is 1.42. The first-order valence-electron chi connectivity index (χ1n) is 14.1. The minimum atomic E-state index is -4.72. The lowest BCUT2D eigenvalue weighted by atomic mass is 10.0. The number of pyridine rings is 1. The van der Waals surface area contributed by atoms with E-state index in [1.165, 1.54) is 47.6 Å². The molecule has 9 nitrogen and oxygen atoms in total. The number of ether oxygens (including phenoxy) is 1. The number of amides is 2. The Morgan fingerprint density at radius 3 is 2.17 bits per heavy atom. The quantitative estimate of drug-likeness (QED) is 0.267. The summed E-state index contributed by atoms with van der Waals surface area (Å²) in [6.45, 7) is 3.08. The lowest BCUT2D eigenvalue weighted by molar-refractivity contribution is -0.137. The smallest absolute Gasteiger partial charge is 0.416 e. The van der Waals surface area contributed by atoms with Crippen LogP contribution in [0.4, 0.5) is 32.0 Å². The minimum absolute atomic E-state index is 0.0131. The van der Waals surface area contributed by atoms with Gasteiger partial charge in [-0.05, 0) is 55.5 Å². The highest BCUT2D eigenvalue weighted by Crippen LogP contribution is 2.31. The second-order valence-electron chi connectivity index (χ2n) is 10.3. The molecular formula is C31H28F6N4O5S. The van der Waals surface area contributed by atoms with Crippen LogP contribution in [0.3, 0.4) is 0 Å². The minimum Gasteiger partial charge on any atom is -0.492 e. The predicted molar refractivity (Wildman–Crippen MR) is 159 cm³/mol. The highest BCUT2D eigenvalue weighted by Gasteiger charge is 2.33. The van der Waals surface area contributed by atoms with Crippen LogP contribution >= 0.6 is 0 Å². The molecule has 2 heterocycles. The Morgan fingerprint density at radius 2 is 1.55 bits per heavy atom. The lowest BCUT2D eigenvalue weighted by Gasteiger charge is -2.36. The van der Waals surface area contributed by atoms with E-state index in [1.807, 2.05) is 4.90 Å². The van der Waals surface area contributed by atoms with Gasteiger partial charge in [0.25, 0.3) is 11.8 Å². The van der Waals surface area contributed by atoms with Gasteiger partial charge in [0.15, 0.2) is 0 Å². The van der Waals surface area contributed by atoms with Crippen LogP contribution in [0.15, 0.2) is 60.9 Å². The third-order valence-corrected chi connectivity index (χ3v) is 8.08. The predicted octanol–water partition coefficient (Wildman–Crippen LogP) is 4.87. The Bertz CT molecular complexity index is 1780. The molecule has 47 heavy (non-hydrogen) atoms. The Hall–Kier alpha value is -4.78. The summed E-state index contributed by atoms with van der Waals surface area (Å²) in [5, 5.41) is 0. The number of carbonyl (C=O) groups is 2. The van der Waals surface area contributed by atoms with Crippen molar-refractivity contribution in [1.29, 1.82) is 0 Å². The fraction of sp³-hybridized carbons (Fsp3) is 0.323. The third kappa shape index (κ3) is 10.1. The molecule has 0 radical (unpaired) electrons. The molecule has 2 aromatic carbocycles. The van der Waals surface area contributed by atoms with Crippen LogP contribution in [0.25, 0.3) is 0 Å². The van der Waals surface area contributed by atoms with Crippen LogP contribution < -0.4 is 14.4 Å². The zero-order chi connectivity index (χ0) is 34.4. The van der Waals surface area contributed by atoms with Crippen molar-refractivity contribution in [3.8, 4) is 17.6 Å². The number of piperazine rings is 1. The van der Waals surface area contributed by atoms with Crippen LogP contribution in [-0.2, 0) is 16.2 Å². The number of anilines is 1. The molecule has 1 aromatic heterocycles. The summed E-state index contributed by atoms with van der Waals surface area (Å²) >= 11 is 0. The molecule has 0 atom stereocenters. The number of carbonyl (C=O) groups excluding carboxylic acids is 2. The number of rotatable bonds is 8. The first-order chi connectivity index (χ1) is 22.0. The van der Waals surface area contributed by atoms with E-state index in [2.05, 4.69) is 16.8 Å². The number of nitrogens with zero attached hydrogens (tertiary/aromatic N) is 3. The van der Waals surface area contributed by atoms with E-state index in [0.29, 0.717) is 23.6 Å². The number of alkyl halides is 6. The van der Waals surface area contributed by atoms with Gasteiger partial charge in [0.05, 0.1) is 30.5 Å². The first kappa shape index (κ1) is 35.1. The van der Waals surface area contributed by atoms with Crippen LogP contribution in [0.5, 0.6) is 5.75 Å². The van der Waals surface area contributed by atoms with Gasteiger partial charge in [-0.15, -0.1) is 0 Å². The molecule has 0 bridgehead atoms. The maximum absolute atomic E-state index is 13.7. The van der Waals surface area contributed by atoms with Crippen molar-refractivity contribution in [1.82, 2.24) is 14.6 Å². The monoisotopic (exact) mass is 682 g/mol. The summed E-state index contributed by atoms with van der Waals surface area (Å²) in [6, 6.07) is 10.2. The van der Waals surface area contributed by atoms with Crippen LogP contribution in [0.1, 0.15) is 50.8 Å². The second kappa shape index (κ2) is 14.3. The van der Waals surface area contributed by atoms with Crippen molar-refractivity contribution in [3.63, 3.8) is 0 Å². The van der Waals surface area contributed by atoms with Crippen molar-refractivity contribution < 1.29 is 49.1 Å². The van der Waals surface area contributed by atoms with Crippen LogP contribution in [0.2, 0.25) is 0 Å². The van der Waals surface area contributed by atoms with E-state index < -0.39 is 51.9 Å². The molecule has 1 aliphatic heterocycles. The summed E-state index contributed by atoms with van der Waals surface area (Å²) in [5.74, 6) is 2.89. The van der Waals surface area contributed by atoms with E-state index in [1.54, 1.807) is 17.7 Å². The molecule has 0 unspecified atom stereocenters. The standard InChI is InChI=1S/C31H28F6N4O5S/c1-2-46-27-17-22(19-38-20-27)4-3-21-15-24(18-25(16-21)31(35,36)37)29(43)41-12-10-40(11-13-41)26-7-5-23(6-8-26)28(42)39-47(44,45)14-9-30(32,33)34/h5-8,15-20H,2,9-14H2,1H3,(H,39,42). The Kier molecular flexibility index (Phi) is 10.7. The molecule has 2 amide bonds. The summed E-state index contributed by atoms with van der Waals surface area (Å²) in [7, 11) is -4.51. The van der Waals surface area contributed by atoms with E-state index >= 15 is 0 Å². The molecule has 1 N–H and O–H groups in total. The highest BCUT2D eigenvalue weighted by molar-refractivity contribution is 7.90. The average molecular weight is 683 g/mol. The number of halogens is 6. The number of sulfonamides is 1.